The fourth-order valence-corrected chi connectivity index (χ4v) is 3.91. The number of halogens is 1. The molecule has 1 saturated heterocycles. The second-order valence-electron chi connectivity index (χ2n) is 7.13. The van der Waals surface area contributed by atoms with E-state index in [4.69, 9.17) is 21.1 Å². The second-order valence-corrected chi connectivity index (χ2v) is 7.57. The number of nitrogens with zero attached hydrogens (tertiary/aromatic N) is 1. The van der Waals surface area contributed by atoms with Crippen LogP contribution in [0, 0.1) is 0 Å². The SMILES string of the molecule is COc1ccc(OC)c([C@H]2CCCN2C(=O)C[NH2+][C@@H](C)c2ccc(Cl)cc2)c1. The number of likely N-dealkylation sites (tertiary alicyclic amines) is 1. The molecule has 0 saturated carbocycles. The summed E-state index contributed by atoms with van der Waals surface area (Å²) < 4.78 is 10.9. The van der Waals surface area contributed by atoms with Gasteiger partial charge >= 0.3 is 0 Å². The van der Waals surface area contributed by atoms with Gasteiger partial charge in [-0.25, -0.2) is 0 Å². The van der Waals surface area contributed by atoms with Gasteiger partial charge in [-0.05, 0) is 50.1 Å². The molecule has 2 aromatic carbocycles. The summed E-state index contributed by atoms with van der Waals surface area (Å²) in [7, 11) is 3.31. The topological polar surface area (TPSA) is 55.4 Å². The van der Waals surface area contributed by atoms with Crippen molar-refractivity contribution in [3.05, 3.63) is 58.6 Å². The lowest BCUT2D eigenvalue weighted by molar-refractivity contribution is -0.683. The Balaban J connectivity index is 1.69. The maximum Gasteiger partial charge on any atom is 0.278 e. The molecule has 0 bridgehead atoms. The number of nitrogens with two attached hydrogens (primary N) is 1. The molecule has 0 aliphatic carbocycles. The van der Waals surface area contributed by atoms with Gasteiger partial charge in [0.15, 0.2) is 6.54 Å². The van der Waals surface area contributed by atoms with Crippen molar-refractivity contribution in [1.82, 2.24) is 4.90 Å². The summed E-state index contributed by atoms with van der Waals surface area (Å²) in [6, 6.07) is 13.8. The molecule has 5 nitrogen and oxygen atoms in total. The monoisotopic (exact) mass is 403 g/mol. The lowest BCUT2D eigenvalue weighted by Gasteiger charge is -2.26. The predicted octanol–water partition coefficient (Wildman–Crippen LogP) is 3.35. The molecular formula is C22H28ClN2O3+. The number of benzene rings is 2. The van der Waals surface area contributed by atoms with Crippen LogP contribution < -0.4 is 14.8 Å². The molecular weight excluding hydrogens is 376 g/mol. The zero-order valence-corrected chi connectivity index (χ0v) is 17.4. The lowest BCUT2D eigenvalue weighted by atomic mass is 10.0. The van der Waals surface area contributed by atoms with Crippen LogP contribution in [0.4, 0.5) is 0 Å². The number of ether oxygens (including phenoxy) is 2. The van der Waals surface area contributed by atoms with Gasteiger partial charge in [0.05, 0.1) is 20.3 Å². The van der Waals surface area contributed by atoms with Gasteiger partial charge in [-0.3, -0.25) is 4.79 Å². The number of amides is 1. The summed E-state index contributed by atoms with van der Waals surface area (Å²) >= 11 is 5.96. The number of quaternary nitrogens is 1. The van der Waals surface area contributed by atoms with Crippen molar-refractivity contribution in [3.8, 4) is 11.5 Å². The van der Waals surface area contributed by atoms with Gasteiger partial charge in [-0.2, -0.15) is 0 Å². The Hall–Kier alpha value is -2.24. The number of rotatable bonds is 7. The largest absolute Gasteiger partial charge is 0.497 e. The van der Waals surface area contributed by atoms with Gasteiger partial charge in [0.2, 0.25) is 0 Å². The highest BCUT2D eigenvalue weighted by molar-refractivity contribution is 6.30. The molecule has 0 unspecified atom stereocenters. The molecule has 0 aromatic heterocycles. The van der Waals surface area contributed by atoms with Crippen molar-refractivity contribution < 1.29 is 19.6 Å². The maximum atomic E-state index is 13.0. The first kappa shape index (κ1) is 20.5. The number of carbonyl (C=O) groups is 1. The molecule has 1 aliphatic rings. The molecule has 0 spiro atoms. The first-order chi connectivity index (χ1) is 13.5. The number of carbonyl (C=O) groups excluding carboxylic acids is 1. The van der Waals surface area contributed by atoms with Crippen LogP contribution in [0.3, 0.4) is 0 Å². The van der Waals surface area contributed by atoms with Crippen LogP contribution in [0.5, 0.6) is 11.5 Å². The van der Waals surface area contributed by atoms with Gasteiger partial charge in [0, 0.05) is 22.7 Å². The Morgan fingerprint density at radius 3 is 2.64 bits per heavy atom. The summed E-state index contributed by atoms with van der Waals surface area (Å²) in [5, 5.41) is 2.79. The van der Waals surface area contributed by atoms with Crippen molar-refractivity contribution in [2.24, 2.45) is 0 Å². The Morgan fingerprint density at radius 2 is 1.96 bits per heavy atom. The quantitative estimate of drug-likeness (QED) is 0.771. The van der Waals surface area contributed by atoms with E-state index in [1.165, 1.54) is 0 Å². The van der Waals surface area contributed by atoms with E-state index < -0.39 is 0 Å². The second kappa shape index (κ2) is 9.30. The molecule has 0 radical (unpaired) electrons. The minimum Gasteiger partial charge on any atom is -0.497 e. The molecule has 2 N–H and O–H groups in total. The van der Waals surface area contributed by atoms with E-state index >= 15 is 0 Å². The molecule has 1 heterocycles. The lowest BCUT2D eigenvalue weighted by Crippen LogP contribution is -2.87. The average Bonchev–Trinajstić information content (AvgIpc) is 3.21. The van der Waals surface area contributed by atoms with E-state index in [0.717, 1.165) is 47.0 Å². The maximum absolute atomic E-state index is 13.0. The zero-order chi connectivity index (χ0) is 20.1. The standard InChI is InChI=1S/C22H27ClN2O3/c1-15(16-6-8-17(23)9-7-16)24-14-22(26)25-12-4-5-20(25)19-13-18(27-2)10-11-21(19)28-3/h6-11,13,15,20,24H,4-5,12,14H2,1-3H3/p+1/t15-,20+/m0/s1. The highest BCUT2D eigenvalue weighted by atomic mass is 35.5. The molecule has 3 rings (SSSR count). The van der Waals surface area contributed by atoms with Crippen LogP contribution in [0.2, 0.25) is 5.02 Å². The molecule has 2 atom stereocenters. The average molecular weight is 404 g/mol. The predicted molar refractivity (Wildman–Crippen MR) is 110 cm³/mol. The molecule has 1 amide bonds. The van der Waals surface area contributed by atoms with Crippen LogP contribution in [0.25, 0.3) is 0 Å². The van der Waals surface area contributed by atoms with E-state index in [9.17, 15) is 4.79 Å². The van der Waals surface area contributed by atoms with E-state index in [1.807, 2.05) is 47.4 Å². The summed E-state index contributed by atoms with van der Waals surface area (Å²) in [4.78, 5) is 14.9. The Bertz CT molecular complexity index is 810. The Morgan fingerprint density at radius 1 is 1.21 bits per heavy atom. The smallest absolute Gasteiger partial charge is 0.278 e. The third kappa shape index (κ3) is 4.59. The highest BCUT2D eigenvalue weighted by Crippen LogP contribution is 2.38. The van der Waals surface area contributed by atoms with Gasteiger partial charge in [0.25, 0.3) is 5.91 Å². The van der Waals surface area contributed by atoms with Gasteiger partial charge < -0.3 is 19.7 Å². The van der Waals surface area contributed by atoms with Crippen LogP contribution in [-0.4, -0.2) is 38.1 Å². The van der Waals surface area contributed by atoms with Gasteiger partial charge in [0.1, 0.15) is 17.5 Å². The van der Waals surface area contributed by atoms with Crippen LogP contribution >= 0.6 is 11.6 Å². The molecule has 6 heteroatoms. The Labute approximate surface area is 171 Å². The minimum absolute atomic E-state index is 0.0248. The molecule has 28 heavy (non-hydrogen) atoms. The fraction of sp³-hybridized carbons (Fsp3) is 0.409. The molecule has 150 valence electrons. The van der Waals surface area contributed by atoms with Crippen molar-refractivity contribution in [2.45, 2.75) is 31.8 Å². The van der Waals surface area contributed by atoms with Gasteiger partial charge in [-0.1, -0.05) is 23.7 Å². The van der Waals surface area contributed by atoms with E-state index in [0.29, 0.717) is 6.54 Å². The number of hydrogen-bond donors (Lipinski definition) is 1. The molecule has 2 aromatic rings. The van der Waals surface area contributed by atoms with Gasteiger partial charge in [-0.15, -0.1) is 0 Å². The van der Waals surface area contributed by atoms with Crippen molar-refractivity contribution in [3.63, 3.8) is 0 Å². The number of hydrogen-bond acceptors (Lipinski definition) is 3. The summed E-state index contributed by atoms with van der Waals surface area (Å²) in [5.74, 6) is 1.72. The van der Waals surface area contributed by atoms with E-state index in [2.05, 4.69) is 12.2 Å². The normalized spacial score (nSPS) is 17.4. The number of methoxy groups -OCH3 is 2. The molecule has 1 fully saturated rings. The van der Waals surface area contributed by atoms with E-state index in [-0.39, 0.29) is 18.0 Å². The van der Waals surface area contributed by atoms with Crippen molar-refractivity contribution in [1.29, 1.82) is 0 Å². The summed E-state index contributed by atoms with van der Waals surface area (Å²) in [5.41, 5.74) is 2.17. The Kier molecular flexibility index (Phi) is 6.81. The van der Waals surface area contributed by atoms with Crippen molar-refractivity contribution in [2.75, 3.05) is 27.3 Å². The van der Waals surface area contributed by atoms with Crippen LogP contribution in [-0.2, 0) is 4.79 Å². The van der Waals surface area contributed by atoms with Crippen molar-refractivity contribution >= 4 is 17.5 Å². The third-order valence-electron chi connectivity index (χ3n) is 5.41. The first-order valence-electron chi connectivity index (χ1n) is 9.63. The molecule has 1 aliphatic heterocycles. The minimum atomic E-state index is 0.0248. The first-order valence-corrected chi connectivity index (χ1v) is 10.0. The van der Waals surface area contributed by atoms with E-state index in [1.54, 1.807) is 14.2 Å². The summed E-state index contributed by atoms with van der Waals surface area (Å²) in [6.45, 7) is 3.28. The summed E-state index contributed by atoms with van der Waals surface area (Å²) in [6.07, 6.45) is 1.92. The third-order valence-corrected chi connectivity index (χ3v) is 5.66. The zero-order valence-electron chi connectivity index (χ0n) is 16.7. The van der Waals surface area contributed by atoms with Crippen LogP contribution in [0.15, 0.2) is 42.5 Å². The fourth-order valence-electron chi connectivity index (χ4n) is 3.79. The van der Waals surface area contributed by atoms with Crippen LogP contribution in [0.1, 0.15) is 43.0 Å². The highest BCUT2D eigenvalue weighted by Gasteiger charge is 2.33.